The number of rotatable bonds is 3. The summed E-state index contributed by atoms with van der Waals surface area (Å²) in [6.07, 6.45) is 7.78. The zero-order chi connectivity index (χ0) is 14.8. The highest BCUT2D eigenvalue weighted by Gasteiger charge is 2.35. The van der Waals surface area contributed by atoms with E-state index < -0.39 is 27.6 Å². The first-order valence-electron chi connectivity index (χ1n) is 5.99. The molecule has 5 nitrogen and oxygen atoms in total. The molecule has 0 radical (unpaired) electrons. The number of halogens is 1. The minimum Gasteiger partial charge on any atom is -0.323 e. The summed E-state index contributed by atoms with van der Waals surface area (Å²) >= 11 is 0. The Bertz CT molecular complexity index is 666. The second kappa shape index (κ2) is 5.59. The Morgan fingerprint density at radius 3 is 2.90 bits per heavy atom. The van der Waals surface area contributed by atoms with Crippen molar-refractivity contribution in [2.24, 2.45) is 0 Å². The first-order chi connectivity index (χ1) is 9.44. The molecule has 1 unspecified atom stereocenters. The highest BCUT2D eigenvalue weighted by atomic mass is 32.2. The molecular formula is C13H13FN2O3S. The third kappa shape index (κ3) is 2.96. The van der Waals surface area contributed by atoms with E-state index in [-0.39, 0.29) is 23.6 Å². The van der Waals surface area contributed by atoms with Crippen LogP contribution in [-0.2, 0) is 9.84 Å². The molecule has 1 saturated heterocycles. The number of hydrogen-bond acceptors (Lipinski definition) is 4. The molecule has 0 N–H and O–H groups in total. The fourth-order valence-corrected chi connectivity index (χ4v) is 3.92. The molecule has 0 aromatic carbocycles. The van der Waals surface area contributed by atoms with Gasteiger partial charge in [0.25, 0.3) is 5.91 Å². The van der Waals surface area contributed by atoms with E-state index in [1.807, 2.05) is 0 Å². The summed E-state index contributed by atoms with van der Waals surface area (Å²) in [6.45, 7) is -0.0548. The van der Waals surface area contributed by atoms with Gasteiger partial charge in [-0.25, -0.2) is 12.8 Å². The zero-order valence-electron chi connectivity index (χ0n) is 10.6. The topological polar surface area (TPSA) is 67.3 Å². The van der Waals surface area contributed by atoms with Crippen LogP contribution in [0.25, 0.3) is 0 Å². The molecule has 1 aromatic heterocycles. The van der Waals surface area contributed by atoms with Crippen molar-refractivity contribution in [2.75, 3.05) is 18.1 Å². The maximum atomic E-state index is 13.6. The summed E-state index contributed by atoms with van der Waals surface area (Å²) in [5, 5.41) is 0. The average molecular weight is 296 g/mol. The maximum absolute atomic E-state index is 13.6. The average Bonchev–Trinajstić information content (AvgIpc) is 2.76. The second-order valence-corrected chi connectivity index (χ2v) is 6.78. The minimum atomic E-state index is -3.15. The summed E-state index contributed by atoms with van der Waals surface area (Å²) in [6, 6.07) is 0.751. The number of aromatic nitrogens is 1. The van der Waals surface area contributed by atoms with Crippen molar-refractivity contribution in [2.45, 2.75) is 12.5 Å². The molecular weight excluding hydrogens is 283 g/mol. The Kier molecular flexibility index (Phi) is 4.04. The quantitative estimate of drug-likeness (QED) is 0.761. The molecule has 1 amide bonds. The Morgan fingerprint density at radius 2 is 2.35 bits per heavy atom. The first-order valence-corrected chi connectivity index (χ1v) is 7.81. The molecule has 1 aromatic rings. The Hall–Kier alpha value is -1.94. The number of pyridine rings is 1. The van der Waals surface area contributed by atoms with Gasteiger partial charge in [-0.1, -0.05) is 5.92 Å². The highest BCUT2D eigenvalue weighted by molar-refractivity contribution is 7.91. The van der Waals surface area contributed by atoms with Crippen molar-refractivity contribution in [1.29, 1.82) is 0 Å². The van der Waals surface area contributed by atoms with Crippen molar-refractivity contribution < 1.29 is 17.6 Å². The molecule has 2 heterocycles. The molecule has 0 aliphatic carbocycles. The molecule has 1 aliphatic rings. The molecule has 0 spiro atoms. The summed E-state index contributed by atoms with van der Waals surface area (Å²) < 4.78 is 36.6. The predicted octanol–water partition coefficient (Wildman–Crippen LogP) is 0.483. The summed E-state index contributed by atoms with van der Waals surface area (Å²) in [5.41, 5.74) is -0.153. The third-order valence-electron chi connectivity index (χ3n) is 3.17. The number of nitrogens with zero attached hydrogens (tertiary/aromatic N) is 2. The van der Waals surface area contributed by atoms with Crippen LogP contribution in [0.5, 0.6) is 0 Å². The van der Waals surface area contributed by atoms with E-state index in [0.29, 0.717) is 6.42 Å². The lowest BCUT2D eigenvalue weighted by Crippen LogP contribution is -2.41. The van der Waals surface area contributed by atoms with E-state index in [4.69, 9.17) is 6.42 Å². The van der Waals surface area contributed by atoms with Gasteiger partial charge in [-0.2, -0.15) is 0 Å². The van der Waals surface area contributed by atoms with Crippen molar-refractivity contribution in [3.05, 3.63) is 29.8 Å². The molecule has 1 aliphatic heterocycles. The van der Waals surface area contributed by atoms with Gasteiger partial charge in [0.05, 0.1) is 29.8 Å². The van der Waals surface area contributed by atoms with E-state index in [1.54, 1.807) is 0 Å². The van der Waals surface area contributed by atoms with Crippen LogP contribution in [0.15, 0.2) is 18.5 Å². The molecule has 1 fully saturated rings. The second-order valence-electron chi connectivity index (χ2n) is 4.55. The van der Waals surface area contributed by atoms with Crippen molar-refractivity contribution in [1.82, 2.24) is 9.88 Å². The molecule has 20 heavy (non-hydrogen) atoms. The number of sulfone groups is 1. The van der Waals surface area contributed by atoms with Gasteiger partial charge < -0.3 is 4.90 Å². The lowest BCUT2D eigenvalue weighted by Gasteiger charge is -2.26. The summed E-state index contributed by atoms with van der Waals surface area (Å²) in [5.74, 6) is 0.845. The number of terminal acetylenes is 1. The molecule has 7 heteroatoms. The normalized spacial score (nSPS) is 20.3. The smallest absolute Gasteiger partial charge is 0.258 e. The lowest BCUT2D eigenvalue weighted by molar-refractivity contribution is 0.0719. The number of carbonyl (C=O) groups is 1. The van der Waals surface area contributed by atoms with Gasteiger partial charge >= 0.3 is 0 Å². The SMILES string of the molecule is C#CCN(C(=O)c1ccncc1F)C1CCS(=O)(=O)C1. The lowest BCUT2D eigenvalue weighted by atomic mass is 10.1. The van der Waals surface area contributed by atoms with Gasteiger partial charge in [-0.15, -0.1) is 6.42 Å². The number of carbonyl (C=O) groups excluding carboxylic acids is 1. The largest absolute Gasteiger partial charge is 0.323 e. The van der Waals surface area contributed by atoms with E-state index in [9.17, 15) is 17.6 Å². The highest BCUT2D eigenvalue weighted by Crippen LogP contribution is 2.20. The van der Waals surface area contributed by atoms with E-state index in [2.05, 4.69) is 10.9 Å². The van der Waals surface area contributed by atoms with Crippen LogP contribution in [0.1, 0.15) is 16.8 Å². The van der Waals surface area contributed by atoms with Crippen LogP contribution in [0.2, 0.25) is 0 Å². The summed E-state index contributed by atoms with van der Waals surface area (Å²) in [4.78, 5) is 17.1. The maximum Gasteiger partial charge on any atom is 0.258 e. The van der Waals surface area contributed by atoms with E-state index in [1.165, 1.54) is 17.2 Å². The van der Waals surface area contributed by atoms with Gasteiger partial charge in [0.15, 0.2) is 15.7 Å². The van der Waals surface area contributed by atoms with Gasteiger partial charge in [-0.05, 0) is 12.5 Å². The molecule has 1 atom stereocenters. The number of hydrogen-bond donors (Lipinski definition) is 0. The Labute approximate surface area is 116 Å². The Balaban J connectivity index is 2.28. The van der Waals surface area contributed by atoms with Crippen molar-refractivity contribution in [3.63, 3.8) is 0 Å². The van der Waals surface area contributed by atoms with Crippen LogP contribution >= 0.6 is 0 Å². The van der Waals surface area contributed by atoms with Gasteiger partial charge in [-0.3, -0.25) is 9.78 Å². The van der Waals surface area contributed by atoms with Crippen LogP contribution < -0.4 is 0 Å². The fourth-order valence-electron chi connectivity index (χ4n) is 2.19. The molecule has 0 bridgehead atoms. The minimum absolute atomic E-state index is 0.0187. The Morgan fingerprint density at radius 1 is 1.60 bits per heavy atom. The van der Waals surface area contributed by atoms with Gasteiger partial charge in [0, 0.05) is 12.2 Å². The first kappa shape index (κ1) is 14.5. The number of amides is 1. The van der Waals surface area contributed by atoms with Crippen LogP contribution in [0, 0.1) is 18.2 Å². The van der Waals surface area contributed by atoms with E-state index in [0.717, 1.165) is 6.20 Å². The van der Waals surface area contributed by atoms with Crippen LogP contribution in [0.4, 0.5) is 4.39 Å². The zero-order valence-corrected chi connectivity index (χ0v) is 11.4. The molecule has 106 valence electrons. The third-order valence-corrected chi connectivity index (χ3v) is 4.92. The van der Waals surface area contributed by atoms with Crippen molar-refractivity contribution >= 4 is 15.7 Å². The van der Waals surface area contributed by atoms with Crippen molar-refractivity contribution in [3.8, 4) is 12.3 Å². The van der Waals surface area contributed by atoms with Gasteiger partial charge in [0.2, 0.25) is 0 Å². The predicted molar refractivity (Wildman–Crippen MR) is 71.1 cm³/mol. The van der Waals surface area contributed by atoms with Crippen LogP contribution in [0.3, 0.4) is 0 Å². The van der Waals surface area contributed by atoms with Crippen LogP contribution in [-0.4, -0.2) is 48.3 Å². The van der Waals surface area contributed by atoms with E-state index >= 15 is 0 Å². The fraction of sp³-hybridized carbons (Fsp3) is 0.385. The molecule has 2 rings (SSSR count). The van der Waals surface area contributed by atoms with Gasteiger partial charge in [0.1, 0.15) is 0 Å². The standard InChI is InChI=1S/C13H13FN2O3S/c1-2-6-16(10-4-7-20(18,19)9-10)13(17)11-3-5-15-8-12(11)14/h1,3,5,8,10H,4,6-7,9H2. The monoisotopic (exact) mass is 296 g/mol. The molecule has 0 saturated carbocycles. The summed E-state index contributed by atoms with van der Waals surface area (Å²) in [7, 11) is -3.15.